The first-order chi connectivity index (χ1) is 16.5. The van der Waals surface area contributed by atoms with Gasteiger partial charge in [0.25, 0.3) is 5.91 Å². The number of ether oxygens (including phenoxy) is 1. The van der Waals surface area contributed by atoms with Gasteiger partial charge in [-0.05, 0) is 53.9 Å². The summed E-state index contributed by atoms with van der Waals surface area (Å²) in [6.07, 6.45) is 4.22. The maximum Gasteiger partial charge on any atom is 0.343 e. The van der Waals surface area contributed by atoms with Crippen LogP contribution in [0.3, 0.4) is 0 Å². The zero-order valence-corrected chi connectivity index (χ0v) is 19.7. The van der Waals surface area contributed by atoms with E-state index in [0.717, 1.165) is 36.8 Å². The van der Waals surface area contributed by atoms with Crippen LogP contribution in [0, 0.1) is 11.3 Å². The van der Waals surface area contributed by atoms with Crippen molar-refractivity contribution >= 4 is 29.1 Å². The Balaban J connectivity index is 1.43. The van der Waals surface area contributed by atoms with Gasteiger partial charge in [0.15, 0.2) is 0 Å². The number of thiocarbonyl (C=S) groups is 1. The predicted molar refractivity (Wildman–Crippen MR) is 135 cm³/mol. The number of esters is 1. The number of nitriles is 1. The van der Waals surface area contributed by atoms with Crippen LogP contribution in [0.2, 0.25) is 0 Å². The first-order valence-electron chi connectivity index (χ1n) is 11.3. The van der Waals surface area contributed by atoms with E-state index in [1.165, 1.54) is 0 Å². The summed E-state index contributed by atoms with van der Waals surface area (Å²) in [7, 11) is 0. The van der Waals surface area contributed by atoms with Gasteiger partial charge in [0, 0.05) is 12.1 Å². The second-order valence-corrected chi connectivity index (χ2v) is 8.57. The fourth-order valence-corrected chi connectivity index (χ4v) is 4.29. The molecule has 0 atom stereocenters. The average Bonchev–Trinajstić information content (AvgIpc) is 3.11. The molecule has 4 rings (SSSR count). The summed E-state index contributed by atoms with van der Waals surface area (Å²) >= 11 is 5.50. The quantitative estimate of drug-likeness (QED) is 0.171. The molecule has 0 bridgehead atoms. The highest BCUT2D eigenvalue weighted by atomic mass is 32.1. The van der Waals surface area contributed by atoms with Crippen molar-refractivity contribution in [3.8, 4) is 22.9 Å². The van der Waals surface area contributed by atoms with Gasteiger partial charge in [-0.3, -0.25) is 9.69 Å². The molecule has 5 nitrogen and oxygen atoms in total. The SMILES string of the molecule is CCCCCCN1C(=O)c2cc(C(=O)Oc3ccc(-c4ccc(C#N)cc4)cc3)ccc2C1=S. The van der Waals surface area contributed by atoms with Crippen LogP contribution in [0.25, 0.3) is 11.1 Å². The standard InChI is InChI=1S/C28H24N2O3S/c1-2-3-4-5-16-30-26(31)25-17-22(12-15-24(25)27(30)34)28(32)33-23-13-10-21(11-14-23)20-8-6-19(18-29)7-9-20/h6-15,17H,2-5,16H2,1H3. The minimum absolute atomic E-state index is 0.155. The Morgan fingerprint density at radius 3 is 2.26 bits per heavy atom. The van der Waals surface area contributed by atoms with Gasteiger partial charge < -0.3 is 4.74 Å². The van der Waals surface area contributed by atoms with Gasteiger partial charge >= 0.3 is 5.97 Å². The molecule has 0 saturated carbocycles. The van der Waals surface area contributed by atoms with Crippen LogP contribution in [0.4, 0.5) is 0 Å². The monoisotopic (exact) mass is 468 g/mol. The lowest BCUT2D eigenvalue weighted by Crippen LogP contribution is -2.30. The molecular formula is C28H24N2O3S. The lowest BCUT2D eigenvalue weighted by Gasteiger charge is -2.15. The number of hydrogen-bond donors (Lipinski definition) is 0. The van der Waals surface area contributed by atoms with E-state index in [2.05, 4.69) is 13.0 Å². The molecule has 0 radical (unpaired) electrons. The highest BCUT2D eigenvalue weighted by molar-refractivity contribution is 7.80. The molecule has 0 unspecified atom stereocenters. The number of hydrogen-bond acceptors (Lipinski definition) is 5. The maximum atomic E-state index is 12.9. The lowest BCUT2D eigenvalue weighted by atomic mass is 10.0. The molecule has 0 aromatic heterocycles. The molecule has 0 fully saturated rings. The molecule has 1 heterocycles. The van der Waals surface area contributed by atoms with Gasteiger partial charge in [0.05, 0.1) is 22.8 Å². The van der Waals surface area contributed by atoms with Crippen molar-refractivity contribution in [1.82, 2.24) is 4.90 Å². The van der Waals surface area contributed by atoms with E-state index in [0.29, 0.717) is 39.5 Å². The molecule has 0 spiro atoms. The minimum Gasteiger partial charge on any atom is -0.423 e. The maximum absolute atomic E-state index is 12.9. The first kappa shape index (κ1) is 23.3. The third kappa shape index (κ3) is 4.90. The smallest absolute Gasteiger partial charge is 0.343 e. The number of carbonyl (C=O) groups excluding carboxylic acids is 2. The summed E-state index contributed by atoms with van der Waals surface area (Å²) in [6, 6.07) is 21.5. The third-order valence-electron chi connectivity index (χ3n) is 5.85. The molecule has 0 aliphatic carbocycles. The second kappa shape index (κ2) is 10.4. The lowest BCUT2D eigenvalue weighted by molar-refractivity contribution is 0.0734. The Kier molecular flexibility index (Phi) is 7.15. The second-order valence-electron chi connectivity index (χ2n) is 8.19. The van der Waals surface area contributed by atoms with Gasteiger partial charge in [-0.15, -0.1) is 0 Å². The van der Waals surface area contributed by atoms with Crippen molar-refractivity contribution < 1.29 is 14.3 Å². The molecule has 6 heteroatoms. The highest BCUT2D eigenvalue weighted by Crippen LogP contribution is 2.27. The van der Waals surface area contributed by atoms with E-state index in [-0.39, 0.29) is 5.91 Å². The number of amides is 1. The Morgan fingerprint density at radius 1 is 0.941 bits per heavy atom. The van der Waals surface area contributed by atoms with Crippen LogP contribution in [0.15, 0.2) is 66.7 Å². The number of benzene rings is 3. The largest absolute Gasteiger partial charge is 0.423 e. The number of fused-ring (bicyclic) bond motifs is 1. The van der Waals surface area contributed by atoms with Gasteiger partial charge in [0.2, 0.25) is 0 Å². The molecule has 0 saturated heterocycles. The molecule has 170 valence electrons. The van der Waals surface area contributed by atoms with Gasteiger partial charge in [-0.25, -0.2) is 4.79 Å². The molecular weight excluding hydrogens is 444 g/mol. The van der Waals surface area contributed by atoms with E-state index in [1.807, 2.05) is 24.3 Å². The van der Waals surface area contributed by atoms with Crippen molar-refractivity contribution in [3.63, 3.8) is 0 Å². The van der Waals surface area contributed by atoms with Crippen LogP contribution in [0.5, 0.6) is 5.75 Å². The highest BCUT2D eigenvalue weighted by Gasteiger charge is 2.32. The molecule has 3 aromatic carbocycles. The molecule has 1 aliphatic rings. The van der Waals surface area contributed by atoms with Crippen LogP contribution in [-0.2, 0) is 0 Å². The van der Waals surface area contributed by atoms with E-state index in [9.17, 15) is 9.59 Å². The van der Waals surface area contributed by atoms with Crippen LogP contribution >= 0.6 is 12.2 Å². The van der Waals surface area contributed by atoms with E-state index in [1.54, 1.807) is 47.4 Å². The van der Waals surface area contributed by atoms with Crippen LogP contribution in [0.1, 0.15) is 64.4 Å². The minimum atomic E-state index is -0.533. The van der Waals surface area contributed by atoms with Crippen molar-refractivity contribution in [1.29, 1.82) is 5.26 Å². The fraction of sp³-hybridized carbons (Fsp3) is 0.214. The Bertz CT molecular complexity index is 1270. The molecule has 3 aromatic rings. The topological polar surface area (TPSA) is 70.4 Å². The summed E-state index contributed by atoms with van der Waals surface area (Å²) in [4.78, 5) is 27.8. The average molecular weight is 469 g/mol. The summed E-state index contributed by atoms with van der Waals surface area (Å²) in [5.74, 6) is -0.283. The number of carbonyl (C=O) groups is 2. The molecule has 1 aliphatic heterocycles. The van der Waals surface area contributed by atoms with Crippen molar-refractivity contribution in [2.75, 3.05) is 6.54 Å². The van der Waals surface area contributed by atoms with E-state index < -0.39 is 5.97 Å². The van der Waals surface area contributed by atoms with Crippen LogP contribution in [-0.4, -0.2) is 28.3 Å². The zero-order chi connectivity index (χ0) is 24.1. The number of nitrogens with zero attached hydrogens (tertiary/aromatic N) is 2. The van der Waals surface area contributed by atoms with Gasteiger partial charge in [-0.1, -0.05) is 68.7 Å². The van der Waals surface area contributed by atoms with Crippen molar-refractivity contribution in [2.45, 2.75) is 32.6 Å². The molecule has 34 heavy (non-hydrogen) atoms. The predicted octanol–water partition coefficient (Wildman–Crippen LogP) is 6.16. The third-order valence-corrected chi connectivity index (χ3v) is 6.29. The zero-order valence-electron chi connectivity index (χ0n) is 18.9. The summed E-state index contributed by atoms with van der Waals surface area (Å²) < 4.78 is 5.53. The Hall–Kier alpha value is -3.82. The van der Waals surface area contributed by atoms with Crippen molar-refractivity contribution in [2.24, 2.45) is 0 Å². The van der Waals surface area contributed by atoms with Crippen LogP contribution < -0.4 is 4.74 Å². The first-order valence-corrected chi connectivity index (χ1v) is 11.8. The van der Waals surface area contributed by atoms with Gasteiger partial charge in [0.1, 0.15) is 10.7 Å². The normalized spacial score (nSPS) is 12.4. The Morgan fingerprint density at radius 2 is 1.62 bits per heavy atom. The number of unbranched alkanes of at least 4 members (excludes halogenated alkanes) is 3. The number of rotatable bonds is 8. The van der Waals surface area contributed by atoms with E-state index >= 15 is 0 Å². The summed E-state index contributed by atoms with van der Waals surface area (Å²) in [6.45, 7) is 2.74. The Labute approximate surface area is 204 Å². The van der Waals surface area contributed by atoms with E-state index in [4.69, 9.17) is 22.2 Å². The summed E-state index contributed by atoms with van der Waals surface area (Å²) in [5, 5.41) is 8.93. The fourth-order valence-electron chi connectivity index (χ4n) is 3.94. The van der Waals surface area contributed by atoms with Gasteiger partial charge in [-0.2, -0.15) is 5.26 Å². The van der Waals surface area contributed by atoms with Crippen molar-refractivity contribution in [3.05, 3.63) is 89.0 Å². The molecule has 0 N–H and O–H groups in total. The summed E-state index contributed by atoms with van der Waals surface area (Å²) in [5.41, 5.74) is 3.95. The molecule has 1 amide bonds.